The van der Waals surface area contributed by atoms with Crippen LogP contribution in [0.1, 0.15) is 19.8 Å². The number of phenols is 1. The molecule has 136 valence electrons. The summed E-state index contributed by atoms with van der Waals surface area (Å²) in [6.07, 6.45) is 11.9. The van der Waals surface area contributed by atoms with E-state index in [4.69, 9.17) is 0 Å². The molecule has 4 heterocycles. The van der Waals surface area contributed by atoms with E-state index in [1.807, 2.05) is 12.1 Å². The van der Waals surface area contributed by atoms with Crippen LogP contribution in [0.25, 0.3) is 22.2 Å². The zero-order chi connectivity index (χ0) is 18.4. The Morgan fingerprint density at radius 3 is 2.96 bits per heavy atom. The fraction of sp³-hybridized carbons (Fsp3) is 0.300. The summed E-state index contributed by atoms with van der Waals surface area (Å²) in [6.45, 7) is 2.24. The molecule has 27 heavy (non-hydrogen) atoms. The molecule has 1 saturated heterocycles. The van der Waals surface area contributed by atoms with E-state index in [9.17, 15) is 5.11 Å². The number of rotatable bonds is 3. The Hall–Kier alpha value is -2.51. The van der Waals surface area contributed by atoms with Gasteiger partial charge in [-0.2, -0.15) is 0 Å². The third kappa shape index (κ3) is 3.17. The van der Waals surface area contributed by atoms with Gasteiger partial charge in [0.25, 0.3) is 0 Å². The van der Waals surface area contributed by atoms with Crippen LogP contribution >= 0.6 is 11.8 Å². The molecule has 2 aromatic heterocycles. The number of nitrogens with one attached hydrogen (secondary N) is 1. The van der Waals surface area contributed by atoms with Crippen LogP contribution < -0.4 is 5.32 Å². The van der Waals surface area contributed by atoms with Crippen LogP contribution in [0.4, 0.5) is 0 Å². The van der Waals surface area contributed by atoms with Gasteiger partial charge in [-0.05, 0) is 43.4 Å². The Kier molecular flexibility index (Phi) is 3.87. The van der Waals surface area contributed by atoms with Crippen LogP contribution in [-0.2, 0) is 0 Å². The first kappa shape index (κ1) is 16.6. The summed E-state index contributed by atoms with van der Waals surface area (Å²) in [5.74, 6) is 0.557. The van der Waals surface area contributed by atoms with Gasteiger partial charge in [-0.1, -0.05) is 23.9 Å². The molecule has 0 aliphatic carbocycles. The molecule has 5 rings (SSSR count). The lowest BCUT2D eigenvalue weighted by Gasteiger charge is -2.35. The van der Waals surface area contributed by atoms with Crippen molar-refractivity contribution in [3.63, 3.8) is 0 Å². The molecule has 2 aliphatic heterocycles. The van der Waals surface area contributed by atoms with E-state index in [0.29, 0.717) is 22.7 Å². The van der Waals surface area contributed by atoms with Crippen molar-refractivity contribution in [1.29, 1.82) is 0 Å². The van der Waals surface area contributed by atoms with E-state index in [-0.39, 0.29) is 11.3 Å². The fourth-order valence-electron chi connectivity index (χ4n) is 3.96. The van der Waals surface area contributed by atoms with E-state index < -0.39 is 0 Å². The maximum absolute atomic E-state index is 10.3. The number of benzene rings is 1. The zero-order valence-electron chi connectivity index (χ0n) is 14.8. The summed E-state index contributed by atoms with van der Waals surface area (Å²) in [5, 5.41) is 25.7. The predicted molar refractivity (Wildman–Crippen MR) is 106 cm³/mol. The second kappa shape index (κ2) is 6.28. The molecule has 3 aromatic rings. The van der Waals surface area contributed by atoms with Crippen molar-refractivity contribution < 1.29 is 5.11 Å². The van der Waals surface area contributed by atoms with Gasteiger partial charge in [0.15, 0.2) is 5.82 Å². The van der Waals surface area contributed by atoms with Gasteiger partial charge in [0.2, 0.25) is 0 Å². The average molecular weight is 377 g/mol. The fourth-order valence-corrected chi connectivity index (χ4v) is 5.23. The number of phenolic OH excluding ortho intramolecular Hbond substituents is 1. The van der Waals surface area contributed by atoms with Gasteiger partial charge in [-0.15, -0.1) is 10.2 Å². The molecular weight excluding hydrogens is 358 g/mol. The molecule has 7 heteroatoms. The number of hydrogen-bond acceptors (Lipinski definition) is 7. The summed E-state index contributed by atoms with van der Waals surface area (Å²) >= 11 is 1.73. The van der Waals surface area contributed by atoms with Crippen molar-refractivity contribution in [2.45, 2.75) is 41.6 Å². The van der Waals surface area contributed by atoms with E-state index in [2.05, 4.69) is 44.6 Å². The molecule has 0 unspecified atom stereocenters. The third-order valence-electron chi connectivity index (χ3n) is 5.20. The molecule has 0 saturated carbocycles. The SMILES string of the molecule is C[C@]12C=C[C@H](C[C@@H](Sc3cnc(-c4cc5ccncc5cc4O)nn3)C1)N2. The van der Waals surface area contributed by atoms with Crippen molar-refractivity contribution >= 4 is 22.5 Å². The summed E-state index contributed by atoms with van der Waals surface area (Å²) in [4.78, 5) is 8.53. The van der Waals surface area contributed by atoms with E-state index in [0.717, 1.165) is 28.6 Å². The Balaban J connectivity index is 1.37. The molecule has 1 aromatic carbocycles. The molecule has 0 amide bonds. The quantitative estimate of drug-likeness (QED) is 0.677. The van der Waals surface area contributed by atoms with Crippen molar-refractivity contribution in [3.05, 3.63) is 48.9 Å². The molecular formula is C20H19N5OS. The molecule has 2 bridgehead atoms. The van der Waals surface area contributed by atoms with Crippen LogP contribution in [0.3, 0.4) is 0 Å². The molecule has 3 atom stereocenters. The minimum atomic E-state index is 0.0904. The van der Waals surface area contributed by atoms with Gasteiger partial charge in [0.05, 0.1) is 11.8 Å². The summed E-state index contributed by atoms with van der Waals surface area (Å²) in [7, 11) is 0. The average Bonchev–Trinajstić information content (AvgIpc) is 2.94. The van der Waals surface area contributed by atoms with Crippen LogP contribution in [0.5, 0.6) is 5.75 Å². The van der Waals surface area contributed by atoms with E-state index >= 15 is 0 Å². The number of hydrogen-bond donors (Lipinski definition) is 2. The second-order valence-electron chi connectivity index (χ2n) is 7.42. The van der Waals surface area contributed by atoms with Crippen molar-refractivity contribution in [2.75, 3.05) is 0 Å². The Morgan fingerprint density at radius 2 is 2.15 bits per heavy atom. The highest BCUT2D eigenvalue weighted by Crippen LogP contribution is 2.38. The highest BCUT2D eigenvalue weighted by Gasteiger charge is 2.38. The molecule has 0 radical (unpaired) electrons. The smallest absolute Gasteiger partial charge is 0.185 e. The van der Waals surface area contributed by atoms with Gasteiger partial charge in [-0.25, -0.2) is 4.98 Å². The minimum absolute atomic E-state index is 0.0904. The normalized spacial score (nSPS) is 26.6. The Bertz CT molecular complexity index is 1040. The minimum Gasteiger partial charge on any atom is -0.507 e. The van der Waals surface area contributed by atoms with Gasteiger partial charge in [-0.3, -0.25) is 4.98 Å². The van der Waals surface area contributed by atoms with Gasteiger partial charge in [0.1, 0.15) is 10.8 Å². The maximum Gasteiger partial charge on any atom is 0.185 e. The van der Waals surface area contributed by atoms with Gasteiger partial charge < -0.3 is 10.4 Å². The number of aromatic hydroxyl groups is 1. The van der Waals surface area contributed by atoms with Crippen LogP contribution in [-0.4, -0.2) is 42.1 Å². The van der Waals surface area contributed by atoms with E-state index in [1.54, 1.807) is 36.4 Å². The topological polar surface area (TPSA) is 83.8 Å². The van der Waals surface area contributed by atoms with Crippen molar-refractivity contribution in [1.82, 2.24) is 25.5 Å². The molecule has 2 aliphatic rings. The molecule has 2 N–H and O–H groups in total. The Morgan fingerprint density at radius 1 is 1.22 bits per heavy atom. The maximum atomic E-state index is 10.3. The first-order valence-corrected chi connectivity index (χ1v) is 9.86. The summed E-state index contributed by atoms with van der Waals surface area (Å²) in [5.41, 5.74) is 0.669. The zero-order valence-corrected chi connectivity index (χ0v) is 15.6. The lowest BCUT2D eigenvalue weighted by Crippen LogP contribution is -2.48. The third-order valence-corrected chi connectivity index (χ3v) is 6.33. The number of nitrogens with zero attached hydrogens (tertiary/aromatic N) is 4. The van der Waals surface area contributed by atoms with Crippen LogP contribution in [0.2, 0.25) is 0 Å². The summed E-state index contributed by atoms with van der Waals surface area (Å²) < 4.78 is 0. The van der Waals surface area contributed by atoms with Crippen molar-refractivity contribution in [2.24, 2.45) is 0 Å². The lowest BCUT2D eigenvalue weighted by molar-refractivity contribution is 0.335. The van der Waals surface area contributed by atoms with Crippen LogP contribution in [0.15, 0.2) is 54.0 Å². The number of piperidine rings is 1. The van der Waals surface area contributed by atoms with Crippen molar-refractivity contribution in [3.8, 4) is 17.1 Å². The first-order chi connectivity index (χ1) is 13.1. The number of fused-ring (bicyclic) bond motifs is 3. The number of thioether (sulfide) groups is 1. The predicted octanol–water partition coefficient (Wildman–Crippen LogP) is 3.33. The van der Waals surface area contributed by atoms with Gasteiger partial charge >= 0.3 is 0 Å². The summed E-state index contributed by atoms with van der Waals surface area (Å²) in [6, 6.07) is 5.90. The number of pyridine rings is 1. The highest BCUT2D eigenvalue weighted by atomic mass is 32.2. The highest BCUT2D eigenvalue weighted by molar-refractivity contribution is 7.99. The second-order valence-corrected chi connectivity index (χ2v) is 8.74. The largest absolute Gasteiger partial charge is 0.507 e. The first-order valence-electron chi connectivity index (χ1n) is 8.99. The number of aromatic nitrogens is 4. The molecule has 6 nitrogen and oxygen atoms in total. The molecule has 1 fully saturated rings. The van der Waals surface area contributed by atoms with E-state index in [1.165, 1.54) is 0 Å². The van der Waals surface area contributed by atoms with Crippen LogP contribution in [0, 0.1) is 0 Å². The Labute approximate surface area is 161 Å². The monoisotopic (exact) mass is 377 g/mol. The standard InChI is InChI=1S/C20H19N5OS/c1-20-4-2-14(23-20)8-15(9-20)27-18-11-22-19(25-24-18)16-6-12-3-5-21-10-13(12)7-17(16)26/h2-7,10-11,14-15,23,26H,8-9H2,1H3/t14-,15-,20+/m1/s1. The molecule has 0 spiro atoms. The van der Waals surface area contributed by atoms with Gasteiger partial charge in [0, 0.05) is 34.6 Å². The lowest BCUT2D eigenvalue weighted by atomic mass is 9.93.